The average molecular weight is 751 g/mol. The number of benzene rings is 10. The van der Waals surface area contributed by atoms with E-state index in [1.165, 1.54) is 48.8 Å². The first-order valence-corrected chi connectivity index (χ1v) is 20.0. The summed E-state index contributed by atoms with van der Waals surface area (Å²) in [5, 5.41) is 11.9. The van der Waals surface area contributed by atoms with E-state index in [0.717, 1.165) is 49.6 Å². The Hall–Kier alpha value is -7.95. The molecule has 0 spiro atoms. The molecule has 4 nitrogen and oxygen atoms in total. The van der Waals surface area contributed by atoms with Crippen molar-refractivity contribution < 1.29 is 0 Å². The van der Waals surface area contributed by atoms with Crippen LogP contribution in [-0.2, 0) is 0 Å². The van der Waals surface area contributed by atoms with Gasteiger partial charge in [-0.3, -0.25) is 0 Å². The molecule has 0 unspecified atom stereocenters. The molecule has 0 atom stereocenters. The lowest BCUT2D eigenvalue weighted by Crippen LogP contribution is -2.02. The van der Waals surface area contributed by atoms with Crippen LogP contribution in [0.25, 0.3) is 116 Å². The highest BCUT2D eigenvalue weighted by Gasteiger charge is 2.20. The molecule has 0 saturated heterocycles. The first-order chi connectivity index (χ1) is 29.2. The highest BCUT2D eigenvalue weighted by atomic mass is 15.0. The molecule has 0 aliphatic carbocycles. The molecular weight excluding hydrogens is 717 g/mol. The fourth-order valence-corrected chi connectivity index (χ4v) is 8.80. The highest BCUT2D eigenvalue weighted by Crippen LogP contribution is 2.40. The van der Waals surface area contributed by atoms with Gasteiger partial charge in [0, 0.05) is 32.8 Å². The fraction of sp³-hybridized carbons (Fsp3) is 0. The lowest BCUT2D eigenvalue weighted by molar-refractivity contribution is 1.07. The quantitative estimate of drug-likeness (QED) is 0.176. The molecule has 2 heterocycles. The second-order valence-corrected chi connectivity index (χ2v) is 15.3. The van der Waals surface area contributed by atoms with Crippen molar-refractivity contribution in [2.45, 2.75) is 0 Å². The third kappa shape index (κ3) is 5.65. The minimum absolute atomic E-state index is 0.622. The third-order valence-electron chi connectivity index (χ3n) is 11.7. The van der Waals surface area contributed by atoms with Crippen molar-refractivity contribution in [1.29, 1.82) is 0 Å². The van der Waals surface area contributed by atoms with Gasteiger partial charge >= 0.3 is 0 Å². The highest BCUT2D eigenvalue weighted by molar-refractivity contribution is 6.17. The fourth-order valence-electron chi connectivity index (χ4n) is 8.80. The molecule has 274 valence electrons. The van der Waals surface area contributed by atoms with E-state index < -0.39 is 0 Å². The summed E-state index contributed by atoms with van der Waals surface area (Å²) in [4.78, 5) is 15.6. The monoisotopic (exact) mass is 750 g/mol. The molecule has 0 radical (unpaired) electrons. The molecule has 0 aliphatic heterocycles. The number of hydrogen-bond donors (Lipinski definition) is 0. The first-order valence-electron chi connectivity index (χ1n) is 20.0. The Morgan fingerprint density at radius 2 is 0.678 bits per heavy atom. The normalized spacial score (nSPS) is 11.7. The van der Waals surface area contributed by atoms with Gasteiger partial charge in [0.25, 0.3) is 0 Å². The van der Waals surface area contributed by atoms with E-state index in [1.807, 2.05) is 18.2 Å². The summed E-state index contributed by atoms with van der Waals surface area (Å²) in [6.45, 7) is 0. The smallest absolute Gasteiger partial charge is 0.164 e. The molecule has 12 aromatic rings. The number of nitrogens with zero attached hydrogens (tertiary/aromatic N) is 4. The van der Waals surface area contributed by atoms with E-state index in [9.17, 15) is 0 Å². The van der Waals surface area contributed by atoms with Crippen LogP contribution in [0.3, 0.4) is 0 Å². The lowest BCUT2D eigenvalue weighted by Gasteiger charge is -2.15. The maximum Gasteiger partial charge on any atom is 0.164 e. The van der Waals surface area contributed by atoms with Gasteiger partial charge in [0.2, 0.25) is 0 Å². The summed E-state index contributed by atoms with van der Waals surface area (Å²) in [7, 11) is 0. The van der Waals surface area contributed by atoms with Gasteiger partial charge in [-0.15, -0.1) is 0 Å². The van der Waals surface area contributed by atoms with E-state index in [2.05, 4.69) is 193 Å². The predicted molar refractivity (Wildman–Crippen MR) is 246 cm³/mol. The Morgan fingerprint density at radius 3 is 1.29 bits per heavy atom. The summed E-state index contributed by atoms with van der Waals surface area (Å²) in [6, 6.07) is 73.6. The van der Waals surface area contributed by atoms with Crippen LogP contribution in [-0.4, -0.2) is 19.5 Å². The first kappa shape index (κ1) is 33.2. The molecule has 0 N–H and O–H groups in total. The number of hydrogen-bond acceptors (Lipinski definition) is 3. The number of rotatable bonds is 5. The summed E-state index contributed by atoms with van der Waals surface area (Å²) in [5.74, 6) is 1.89. The van der Waals surface area contributed by atoms with Crippen molar-refractivity contribution in [2.24, 2.45) is 0 Å². The standard InChI is InChI=1S/C55H34N4/c1-3-13-35(14-4-1)41-23-24-43-28-45(26-25-42(43)27-41)54-56-53(36-15-5-2-6-16-36)57-55(58-54)46-29-44-21-11-12-22-47(44)50(34-46)59-51-32-39-19-9-7-17-37(39)30-48(51)49-31-38-18-8-10-20-40(38)33-52(49)59/h1-34H. The van der Waals surface area contributed by atoms with Crippen molar-refractivity contribution in [3.63, 3.8) is 0 Å². The maximum absolute atomic E-state index is 5.28. The van der Waals surface area contributed by atoms with E-state index >= 15 is 0 Å². The van der Waals surface area contributed by atoms with Crippen molar-refractivity contribution in [2.75, 3.05) is 0 Å². The van der Waals surface area contributed by atoms with Crippen LogP contribution in [0, 0.1) is 0 Å². The van der Waals surface area contributed by atoms with Gasteiger partial charge in [-0.25, -0.2) is 15.0 Å². The Labute approximate surface area is 340 Å². The van der Waals surface area contributed by atoms with E-state index in [4.69, 9.17) is 15.0 Å². The van der Waals surface area contributed by atoms with Gasteiger partial charge in [0.1, 0.15) is 0 Å². The molecule has 2 aromatic heterocycles. The topological polar surface area (TPSA) is 43.6 Å². The van der Waals surface area contributed by atoms with Gasteiger partial charge in [-0.2, -0.15) is 0 Å². The molecule has 10 aromatic carbocycles. The molecule has 4 heteroatoms. The van der Waals surface area contributed by atoms with Gasteiger partial charge in [-0.1, -0.05) is 158 Å². The van der Waals surface area contributed by atoms with Crippen molar-refractivity contribution in [3.05, 3.63) is 206 Å². The van der Waals surface area contributed by atoms with Gasteiger partial charge in [-0.05, 0) is 97.4 Å². The van der Waals surface area contributed by atoms with Crippen LogP contribution >= 0.6 is 0 Å². The molecule has 12 rings (SSSR count). The van der Waals surface area contributed by atoms with Crippen molar-refractivity contribution in [3.8, 4) is 51.0 Å². The van der Waals surface area contributed by atoms with Crippen LogP contribution in [0.1, 0.15) is 0 Å². The van der Waals surface area contributed by atoms with Gasteiger partial charge in [0.15, 0.2) is 17.5 Å². The second-order valence-electron chi connectivity index (χ2n) is 15.3. The van der Waals surface area contributed by atoms with Gasteiger partial charge in [0.05, 0.1) is 16.7 Å². The van der Waals surface area contributed by atoms with Crippen LogP contribution in [0.4, 0.5) is 0 Å². The minimum atomic E-state index is 0.622. The van der Waals surface area contributed by atoms with Gasteiger partial charge < -0.3 is 4.57 Å². The lowest BCUT2D eigenvalue weighted by atomic mass is 10.00. The number of fused-ring (bicyclic) bond motifs is 7. The summed E-state index contributed by atoms with van der Waals surface area (Å²) >= 11 is 0. The molecule has 0 aliphatic rings. The Morgan fingerprint density at radius 1 is 0.254 bits per heavy atom. The molecule has 0 bridgehead atoms. The molecule has 0 fully saturated rings. The molecule has 0 amide bonds. The zero-order valence-corrected chi connectivity index (χ0v) is 31.9. The predicted octanol–water partition coefficient (Wildman–Crippen LogP) is 14.2. The van der Waals surface area contributed by atoms with Crippen LogP contribution in [0.5, 0.6) is 0 Å². The SMILES string of the molecule is c1ccc(-c2ccc3cc(-c4nc(-c5ccccc5)nc(-c5cc(-n6c7cc8ccccc8cc7c7cc8ccccc8cc76)c6ccccc6c5)n4)ccc3c2)cc1. The van der Waals surface area contributed by atoms with Crippen LogP contribution in [0.2, 0.25) is 0 Å². The van der Waals surface area contributed by atoms with Crippen LogP contribution < -0.4 is 0 Å². The van der Waals surface area contributed by atoms with E-state index in [1.54, 1.807) is 0 Å². The summed E-state index contributed by atoms with van der Waals surface area (Å²) in [5.41, 5.74) is 8.58. The van der Waals surface area contributed by atoms with Crippen molar-refractivity contribution in [1.82, 2.24) is 19.5 Å². The largest absolute Gasteiger partial charge is 0.309 e. The number of aromatic nitrogens is 4. The molecule has 59 heavy (non-hydrogen) atoms. The molecule has 0 saturated carbocycles. The van der Waals surface area contributed by atoms with E-state index in [0.29, 0.717) is 17.5 Å². The summed E-state index contributed by atoms with van der Waals surface area (Å²) in [6.07, 6.45) is 0. The molecular formula is C55H34N4. The Kier molecular flexibility index (Phi) is 7.50. The zero-order chi connectivity index (χ0) is 38.9. The minimum Gasteiger partial charge on any atom is -0.309 e. The maximum atomic E-state index is 5.28. The second kappa shape index (κ2) is 13.3. The van der Waals surface area contributed by atoms with Crippen molar-refractivity contribution >= 4 is 64.9 Å². The average Bonchev–Trinajstić information content (AvgIpc) is 3.61. The summed E-state index contributed by atoms with van der Waals surface area (Å²) < 4.78 is 2.45. The Bertz CT molecular complexity index is 3510. The van der Waals surface area contributed by atoms with E-state index in [-0.39, 0.29) is 0 Å². The third-order valence-corrected chi connectivity index (χ3v) is 11.7. The zero-order valence-electron chi connectivity index (χ0n) is 31.9. The van der Waals surface area contributed by atoms with Crippen LogP contribution in [0.15, 0.2) is 206 Å². The Balaban J connectivity index is 1.09.